The number of carbonyl (C=O) groups excluding carboxylic acids is 2. The second-order valence-corrected chi connectivity index (χ2v) is 9.28. The molecule has 5 rings (SSSR count). The van der Waals surface area contributed by atoms with Gasteiger partial charge < -0.3 is 20.3 Å². The van der Waals surface area contributed by atoms with Gasteiger partial charge in [0, 0.05) is 25.6 Å². The molecule has 1 fully saturated rings. The van der Waals surface area contributed by atoms with Crippen molar-refractivity contribution in [1.29, 1.82) is 0 Å². The molecule has 0 spiro atoms. The molecule has 3 amide bonds. The summed E-state index contributed by atoms with van der Waals surface area (Å²) in [5.74, 6) is -0.857. The second kappa shape index (κ2) is 10.4. The molecule has 1 saturated heterocycles. The maximum atomic E-state index is 14.0. The van der Waals surface area contributed by atoms with E-state index in [1.807, 2.05) is 48.5 Å². The van der Waals surface area contributed by atoms with Crippen LogP contribution in [0.3, 0.4) is 0 Å². The fraction of sp³-hybridized carbons (Fsp3) is 0.286. The molecular weight excluding hydrogens is 464 g/mol. The molecule has 0 radical (unpaired) electrons. The number of fused-ring (bicyclic) bond motifs is 2. The van der Waals surface area contributed by atoms with Crippen LogP contribution in [0.25, 0.3) is 11.1 Å². The Balaban J connectivity index is 1.27. The Morgan fingerprint density at radius 3 is 2.61 bits per heavy atom. The number of hydrogen-bond donors (Lipinski definition) is 2. The van der Waals surface area contributed by atoms with Gasteiger partial charge in [-0.05, 0) is 60.1 Å². The van der Waals surface area contributed by atoms with E-state index in [0.717, 1.165) is 23.3 Å². The lowest BCUT2D eigenvalue weighted by Gasteiger charge is -2.39. The number of halogens is 2. The number of urea groups is 1. The van der Waals surface area contributed by atoms with Gasteiger partial charge in [-0.25, -0.2) is 13.6 Å². The highest BCUT2D eigenvalue weighted by Gasteiger charge is 2.33. The van der Waals surface area contributed by atoms with Crippen LogP contribution in [-0.2, 0) is 4.79 Å². The van der Waals surface area contributed by atoms with Gasteiger partial charge in [-0.1, -0.05) is 36.4 Å². The summed E-state index contributed by atoms with van der Waals surface area (Å²) in [5.41, 5.74) is 2.63. The number of anilines is 2. The van der Waals surface area contributed by atoms with Crippen molar-refractivity contribution < 1.29 is 23.1 Å². The van der Waals surface area contributed by atoms with Crippen molar-refractivity contribution in [2.75, 3.05) is 30.3 Å². The molecule has 2 aliphatic rings. The molecule has 0 aliphatic carbocycles. The van der Waals surface area contributed by atoms with Crippen LogP contribution >= 0.6 is 0 Å². The summed E-state index contributed by atoms with van der Waals surface area (Å²) in [6, 6.07) is 18.3. The first-order valence-electron chi connectivity index (χ1n) is 12.1. The maximum absolute atomic E-state index is 14.0. The summed E-state index contributed by atoms with van der Waals surface area (Å²) in [5, 5.41) is 5.55. The zero-order valence-electron chi connectivity index (χ0n) is 19.7. The normalized spacial score (nSPS) is 19.8. The molecule has 3 aromatic carbocycles. The van der Waals surface area contributed by atoms with E-state index in [1.54, 1.807) is 4.90 Å². The van der Waals surface area contributed by atoms with Crippen LogP contribution in [0.4, 0.5) is 25.0 Å². The average molecular weight is 492 g/mol. The highest BCUT2D eigenvalue weighted by Crippen LogP contribution is 2.35. The third-order valence-electron chi connectivity index (χ3n) is 6.91. The molecule has 0 aromatic heterocycles. The molecular formula is C28H27F2N3O3. The lowest BCUT2D eigenvalue weighted by Crippen LogP contribution is -2.46. The van der Waals surface area contributed by atoms with Gasteiger partial charge in [0.05, 0.1) is 18.0 Å². The monoisotopic (exact) mass is 491 g/mol. The van der Waals surface area contributed by atoms with E-state index >= 15 is 0 Å². The largest absolute Gasteiger partial charge is 0.491 e. The smallest absolute Gasteiger partial charge is 0.321 e. The number of benzene rings is 3. The summed E-state index contributed by atoms with van der Waals surface area (Å²) in [6.45, 7) is 1.31. The Morgan fingerprint density at radius 2 is 1.81 bits per heavy atom. The van der Waals surface area contributed by atoms with E-state index in [1.165, 1.54) is 6.07 Å². The van der Waals surface area contributed by atoms with Gasteiger partial charge in [0.1, 0.15) is 17.4 Å². The van der Waals surface area contributed by atoms with Gasteiger partial charge in [0.25, 0.3) is 0 Å². The predicted octanol–water partition coefficient (Wildman–Crippen LogP) is 5.91. The third-order valence-corrected chi connectivity index (χ3v) is 6.91. The van der Waals surface area contributed by atoms with Gasteiger partial charge in [0.15, 0.2) is 0 Å². The Labute approximate surface area is 208 Å². The highest BCUT2D eigenvalue weighted by atomic mass is 19.1. The second-order valence-electron chi connectivity index (χ2n) is 9.28. The zero-order valence-corrected chi connectivity index (χ0v) is 19.7. The van der Waals surface area contributed by atoms with Crippen molar-refractivity contribution >= 4 is 23.3 Å². The zero-order chi connectivity index (χ0) is 25.1. The lowest BCUT2D eigenvalue weighted by atomic mass is 9.81. The van der Waals surface area contributed by atoms with Crippen LogP contribution in [-0.4, -0.2) is 36.5 Å². The summed E-state index contributed by atoms with van der Waals surface area (Å²) in [6.07, 6.45) is 1.67. The Morgan fingerprint density at radius 1 is 0.972 bits per heavy atom. The first-order valence-corrected chi connectivity index (χ1v) is 12.1. The number of piperidine rings is 1. The molecule has 3 aromatic rings. The molecule has 186 valence electrons. The van der Waals surface area contributed by atoms with E-state index in [4.69, 9.17) is 4.74 Å². The van der Waals surface area contributed by atoms with E-state index in [0.29, 0.717) is 50.4 Å². The van der Waals surface area contributed by atoms with Gasteiger partial charge in [-0.2, -0.15) is 0 Å². The molecule has 0 saturated carbocycles. The molecule has 0 unspecified atom stereocenters. The Hall–Kier alpha value is -3.94. The summed E-state index contributed by atoms with van der Waals surface area (Å²) < 4.78 is 33.2. The van der Waals surface area contributed by atoms with Crippen molar-refractivity contribution in [2.45, 2.75) is 19.3 Å². The fourth-order valence-corrected chi connectivity index (χ4v) is 4.97. The predicted molar refractivity (Wildman–Crippen MR) is 134 cm³/mol. The Bertz CT molecular complexity index is 1270. The van der Waals surface area contributed by atoms with E-state index in [-0.39, 0.29) is 23.4 Å². The van der Waals surface area contributed by atoms with Crippen molar-refractivity contribution in [3.05, 3.63) is 78.4 Å². The first-order chi connectivity index (χ1) is 17.5. The average Bonchev–Trinajstić information content (AvgIpc) is 2.87. The molecule has 2 N–H and O–H groups in total. The van der Waals surface area contributed by atoms with E-state index < -0.39 is 17.7 Å². The number of hydrogen-bond acceptors (Lipinski definition) is 3. The van der Waals surface area contributed by atoms with Gasteiger partial charge in [0.2, 0.25) is 5.91 Å². The van der Waals surface area contributed by atoms with Crippen LogP contribution in [0.5, 0.6) is 5.75 Å². The molecule has 2 atom stereocenters. The molecule has 0 bridgehead atoms. The van der Waals surface area contributed by atoms with Crippen LogP contribution in [0.15, 0.2) is 66.7 Å². The summed E-state index contributed by atoms with van der Waals surface area (Å²) >= 11 is 0. The number of likely N-dealkylation sites (tertiary alicyclic amines) is 1. The number of amides is 3. The van der Waals surface area contributed by atoms with E-state index in [9.17, 15) is 18.4 Å². The van der Waals surface area contributed by atoms with Crippen molar-refractivity contribution in [1.82, 2.24) is 4.90 Å². The number of nitrogens with zero attached hydrogens (tertiary/aromatic N) is 1. The third kappa shape index (κ3) is 5.32. The van der Waals surface area contributed by atoms with Crippen molar-refractivity contribution in [3.63, 3.8) is 0 Å². The van der Waals surface area contributed by atoms with Crippen LogP contribution < -0.4 is 15.4 Å². The summed E-state index contributed by atoms with van der Waals surface area (Å²) in [4.78, 5) is 27.4. The SMILES string of the molecule is O=C1C[C@@H]2CCN(C(=O)Nc3ccc(F)cc3F)C[C@@H]2CCOc2ccc(-c3ccccc3)cc2N1. The van der Waals surface area contributed by atoms with Crippen LogP contribution in [0.2, 0.25) is 0 Å². The summed E-state index contributed by atoms with van der Waals surface area (Å²) in [7, 11) is 0. The Kier molecular flexibility index (Phi) is 6.84. The lowest BCUT2D eigenvalue weighted by molar-refractivity contribution is -0.118. The van der Waals surface area contributed by atoms with Crippen LogP contribution in [0, 0.1) is 23.5 Å². The topological polar surface area (TPSA) is 70.7 Å². The van der Waals surface area contributed by atoms with Crippen molar-refractivity contribution in [3.8, 4) is 16.9 Å². The minimum absolute atomic E-state index is 0.0541. The number of nitrogens with one attached hydrogen (secondary N) is 2. The van der Waals surface area contributed by atoms with Crippen molar-refractivity contribution in [2.24, 2.45) is 11.8 Å². The maximum Gasteiger partial charge on any atom is 0.321 e. The number of rotatable bonds is 2. The minimum Gasteiger partial charge on any atom is -0.491 e. The van der Waals surface area contributed by atoms with Crippen LogP contribution in [0.1, 0.15) is 19.3 Å². The minimum atomic E-state index is -0.823. The quantitative estimate of drug-likeness (QED) is 0.468. The van der Waals surface area contributed by atoms with Gasteiger partial charge >= 0.3 is 6.03 Å². The fourth-order valence-electron chi connectivity index (χ4n) is 4.97. The molecule has 2 aliphatic heterocycles. The standard InChI is InChI=1S/C28H27F2N3O3/c29-22-7-8-24(23(30)16-22)32-28(35)33-12-10-20-15-27(34)31-25-14-19(18-4-2-1-3-5-18)6-9-26(25)36-13-11-21(20)17-33/h1-9,14,16,20-21H,10-13,15,17H2,(H,31,34)(H,32,35)/t20-,21-/m0/s1. The van der Waals surface area contributed by atoms with Gasteiger partial charge in [-0.3, -0.25) is 4.79 Å². The molecule has 8 heteroatoms. The molecule has 6 nitrogen and oxygen atoms in total. The number of carbonyl (C=O) groups is 2. The van der Waals surface area contributed by atoms with E-state index in [2.05, 4.69) is 10.6 Å². The van der Waals surface area contributed by atoms with Gasteiger partial charge in [-0.15, -0.1) is 0 Å². The number of ether oxygens (including phenoxy) is 1. The molecule has 36 heavy (non-hydrogen) atoms. The first kappa shape index (κ1) is 23.8. The molecule has 2 heterocycles. The highest BCUT2D eigenvalue weighted by molar-refractivity contribution is 5.93.